The van der Waals surface area contributed by atoms with Crippen LogP contribution in [0.15, 0.2) is 39.8 Å². The predicted molar refractivity (Wildman–Crippen MR) is 135 cm³/mol. The van der Waals surface area contributed by atoms with Gasteiger partial charge in [-0.3, -0.25) is 9.89 Å². The number of hydrogen-bond acceptors (Lipinski definition) is 4. The fourth-order valence-corrected chi connectivity index (χ4v) is 3.45. The van der Waals surface area contributed by atoms with Gasteiger partial charge in [0.1, 0.15) is 0 Å². The maximum Gasteiger partial charge on any atom is 0.191 e. The first-order valence-corrected chi connectivity index (χ1v) is 10.8. The summed E-state index contributed by atoms with van der Waals surface area (Å²) >= 11 is 0. The highest BCUT2D eigenvalue weighted by Crippen LogP contribution is 2.22. The van der Waals surface area contributed by atoms with Gasteiger partial charge in [0.25, 0.3) is 0 Å². The first-order chi connectivity index (χ1) is 14.1. The van der Waals surface area contributed by atoms with Gasteiger partial charge in [0.15, 0.2) is 11.7 Å². The zero-order chi connectivity index (χ0) is 21.1. The van der Waals surface area contributed by atoms with Gasteiger partial charge in [0.05, 0.1) is 12.2 Å². The van der Waals surface area contributed by atoms with Gasteiger partial charge >= 0.3 is 0 Å². The van der Waals surface area contributed by atoms with Crippen LogP contribution in [0.3, 0.4) is 0 Å². The quantitative estimate of drug-likeness (QED) is 0.247. The van der Waals surface area contributed by atoms with E-state index >= 15 is 0 Å². The summed E-state index contributed by atoms with van der Waals surface area (Å²) in [6.07, 6.45) is 2.15. The number of nitrogens with zero attached hydrogens (tertiary/aromatic N) is 3. The molecule has 0 saturated carbocycles. The molecule has 30 heavy (non-hydrogen) atoms. The lowest BCUT2D eigenvalue weighted by molar-refractivity contribution is 0.295. The summed E-state index contributed by atoms with van der Waals surface area (Å²) in [5.74, 6) is 2.05. The van der Waals surface area contributed by atoms with E-state index in [1.807, 2.05) is 0 Å². The van der Waals surface area contributed by atoms with Crippen LogP contribution in [0.5, 0.6) is 0 Å². The maximum absolute atomic E-state index is 5.49. The molecule has 0 saturated heterocycles. The van der Waals surface area contributed by atoms with E-state index in [1.165, 1.54) is 11.1 Å². The molecule has 1 aromatic heterocycles. The third-order valence-corrected chi connectivity index (χ3v) is 5.49. The van der Waals surface area contributed by atoms with Crippen LogP contribution in [0, 0.1) is 0 Å². The van der Waals surface area contributed by atoms with E-state index in [2.05, 4.69) is 83.7 Å². The van der Waals surface area contributed by atoms with Gasteiger partial charge in [-0.15, -0.1) is 24.0 Å². The lowest BCUT2D eigenvalue weighted by atomic mass is 9.99. The average Bonchev–Trinajstić information content (AvgIpc) is 3.22. The molecule has 0 aliphatic heterocycles. The smallest absolute Gasteiger partial charge is 0.191 e. The third-order valence-electron chi connectivity index (χ3n) is 5.49. The highest BCUT2D eigenvalue weighted by molar-refractivity contribution is 14.0. The average molecular weight is 527 g/mol. The topological polar surface area (TPSA) is 65.7 Å². The fraction of sp³-hybridized carbons (Fsp3) is 0.565. The Bertz CT molecular complexity index is 754. The molecule has 6 nitrogen and oxygen atoms in total. The second-order valence-electron chi connectivity index (χ2n) is 7.24. The number of nitrogens with one attached hydrogen (secondary N) is 2. The fourth-order valence-electron chi connectivity index (χ4n) is 3.45. The molecule has 0 aliphatic rings. The van der Waals surface area contributed by atoms with Crippen molar-refractivity contribution >= 4 is 29.9 Å². The van der Waals surface area contributed by atoms with Gasteiger partial charge in [-0.25, -0.2) is 0 Å². The van der Waals surface area contributed by atoms with Crippen molar-refractivity contribution < 1.29 is 4.52 Å². The van der Waals surface area contributed by atoms with Crippen molar-refractivity contribution in [2.75, 3.05) is 20.1 Å². The van der Waals surface area contributed by atoms with Crippen LogP contribution in [0.2, 0.25) is 0 Å². The molecule has 2 rings (SSSR count). The Hall–Kier alpha value is -1.61. The largest absolute Gasteiger partial charge is 0.359 e. The highest BCUT2D eigenvalue weighted by Gasteiger charge is 2.13. The van der Waals surface area contributed by atoms with E-state index in [-0.39, 0.29) is 24.0 Å². The summed E-state index contributed by atoms with van der Waals surface area (Å²) in [6, 6.07) is 10.6. The third kappa shape index (κ3) is 7.91. The number of aliphatic imine (C=N–C) groups is 1. The van der Waals surface area contributed by atoms with Crippen LogP contribution in [-0.4, -0.2) is 36.2 Å². The molecule has 2 N–H and O–H groups in total. The minimum Gasteiger partial charge on any atom is -0.359 e. The molecule has 1 heterocycles. The van der Waals surface area contributed by atoms with Crippen LogP contribution in [0.4, 0.5) is 0 Å². The van der Waals surface area contributed by atoms with E-state index in [0.717, 1.165) is 56.4 Å². The Morgan fingerprint density at radius 2 is 1.67 bits per heavy atom. The summed E-state index contributed by atoms with van der Waals surface area (Å²) in [5.41, 5.74) is 3.68. The second-order valence-corrected chi connectivity index (χ2v) is 7.24. The number of aromatic nitrogens is 1. The number of rotatable bonds is 11. The zero-order valence-corrected chi connectivity index (χ0v) is 21.4. The molecule has 7 heteroatoms. The van der Waals surface area contributed by atoms with Crippen molar-refractivity contribution in [1.29, 1.82) is 0 Å². The number of hydrogen-bond donors (Lipinski definition) is 2. The molecular formula is C23H38IN5O. The summed E-state index contributed by atoms with van der Waals surface area (Å²) < 4.78 is 5.49. The van der Waals surface area contributed by atoms with Crippen LogP contribution >= 0.6 is 24.0 Å². The molecule has 0 bridgehead atoms. The Morgan fingerprint density at radius 3 is 2.27 bits per heavy atom. The Kier molecular flexibility index (Phi) is 12.7. The molecule has 0 fully saturated rings. The lowest BCUT2D eigenvalue weighted by Gasteiger charge is -2.20. The minimum absolute atomic E-state index is 0. The predicted octanol–water partition coefficient (Wildman–Crippen LogP) is 4.90. The van der Waals surface area contributed by atoms with Crippen LogP contribution in [-0.2, 0) is 19.6 Å². The van der Waals surface area contributed by atoms with Crippen molar-refractivity contribution in [1.82, 2.24) is 20.7 Å². The highest BCUT2D eigenvalue weighted by atomic mass is 127. The van der Waals surface area contributed by atoms with Crippen LogP contribution in [0.1, 0.15) is 69.0 Å². The molecule has 2 aromatic rings. The van der Waals surface area contributed by atoms with Crippen molar-refractivity contribution in [2.45, 2.75) is 66.1 Å². The Balaban J connectivity index is 0.00000450. The summed E-state index contributed by atoms with van der Waals surface area (Å²) in [6.45, 7) is 13.1. The van der Waals surface area contributed by atoms with E-state index in [0.29, 0.717) is 12.5 Å². The van der Waals surface area contributed by atoms with E-state index < -0.39 is 0 Å². The Labute approximate surface area is 198 Å². The van der Waals surface area contributed by atoms with Gasteiger partial charge in [0, 0.05) is 32.1 Å². The zero-order valence-electron chi connectivity index (χ0n) is 19.1. The molecule has 1 aromatic carbocycles. The van der Waals surface area contributed by atoms with Crippen LogP contribution in [0.25, 0.3) is 0 Å². The Morgan fingerprint density at radius 1 is 1.03 bits per heavy atom. The van der Waals surface area contributed by atoms with E-state index in [4.69, 9.17) is 4.52 Å². The molecular weight excluding hydrogens is 489 g/mol. The van der Waals surface area contributed by atoms with E-state index in [9.17, 15) is 0 Å². The van der Waals surface area contributed by atoms with Gasteiger partial charge < -0.3 is 15.2 Å². The summed E-state index contributed by atoms with van der Waals surface area (Å²) in [4.78, 5) is 6.76. The standard InChI is InChI=1S/C23H37N5O.HI/c1-6-18(7-2)22-14-21(29-27-22)16-26-23(24-5)25-15-19-12-10-11-13-20(19)17-28(8-3)9-4;/h10-14,18H,6-9,15-17H2,1-5H3,(H2,24,25,26);1H. The van der Waals surface area contributed by atoms with Crippen molar-refractivity contribution in [3.05, 3.63) is 52.9 Å². The lowest BCUT2D eigenvalue weighted by Crippen LogP contribution is -2.36. The molecule has 0 radical (unpaired) electrons. The number of benzene rings is 1. The van der Waals surface area contributed by atoms with Gasteiger partial charge in [-0.2, -0.15) is 0 Å². The molecule has 0 aliphatic carbocycles. The molecule has 168 valence electrons. The van der Waals surface area contributed by atoms with Crippen LogP contribution < -0.4 is 10.6 Å². The van der Waals surface area contributed by atoms with Gasteiger partial charge in [-0.05, 0) is 37.1 Å². The second kappa shape index (κ2) is 14.4. The van der Waals surface area contributed by atoms with Gasteiger partial charge in [0.2, 0.25) is 0 Å². The van der Waals surface area contributed by atoms with E-state index in [1.54, 1.807) is 7.05 Å². The first kappa shape index (κ1) is 26.4. The molecule has 0 unspecified atom stereocenters. The monoisotopic (exact) mass is 527 g/mol. The summed E-state index contributed by atoms with van der Waals surface area (Å²) in [5, 5.41) is 11.0. The number of guanidine groups is 1. The normalized spacial score (nSPS) is 11.6. The maximum atomic E-state index is 5.49. The van der Waals surface area contributed by atoms with Crippen molar-refractivity contribution in [3.63, 3.8) is 0 Å². The van der Waals surface area contributed by atoms with Crippen molar-refractivity contribution in [2.24, 2.45) is 4.99 Å². The molecule has 0 atom stereocenters. The van der Waals surface area contributed by atoms with Gasteiger partial charge in [-0.1, -0.05) is 57.1 Å². The molecule has 0 spiro atoms. The summed E-state index contributed by atoms with van der Waals surface area (Å²) in [7, 11) is 1.78. The SMILES string of the molecule is CCC(CC)c1cc(CNC(=NC)NCc2ccccc2CN(CC)CC)on1.I. The minimum atomic E-state index is 0. The van der Waals surface area contributed by atoms with Crippen molar-refractivity contribution in [3.8, 4) is 0 Å². The number of halogens is 1. The molecule has 0 amide bonds. The first-order valence-electron chi connectivity index (χ1n) is 10.8.